The number of anilines is 2. The molecule has 1 aromatic heterocycles. The number of para-hydroxylation sites is 1. The molecule has 0 spiro atoms. The third kappa shape index (κ3) is 5.80. The van der Waals surface area contributed by atoms with Gasteiger partial charge in [0, 0.05) is 45.5 Å². The largest absolute Gasteiger partial charge is 0.354 e. The summed E-state index contributed by atoms with van der Waals surface area (Å²) in [6, 6.07) is 11.9. The molecular formula is C23H27ClN6O3. The van der Waals surface area contributed by atoms with Crippen molar-refractivity contribution in [3.63, 3.8) is 0 Å². The monoisotopic (exact) mass is 470 g/mol. The van der Waals surface area contributed by atoms with E-state index >= 15 is 0 Å². The van der Waals surface area contributed by atoms with Gasteiger partial charge in [-0.3, -0.25) is 19.3 Å². The molecule has 3 amide bonds. The summed E-state index contributed by atoms with van der Waals surface area (Å²) in [5.41, 5.74) is 0.476. The molecule has 10 heteroatoms. The number of benzene rings is 1. The van der Waals surface area contributed by atoms with Crippen LogP contribution in [-0.2, 0) is 14.4 Å². The lowest BCUT2D eigenvalue weighted by Gasteiger charge is -2.38. The Morgan fingerprint density at radius 2 is 1.82 bits per heavy atom. The maximum atomic E-state index is 13.1. The van der Waals surface area contributed by atoms with E-state index in [-0.39, 0.29) is 30.7 Å². The minimum absolute atomic E-state index is 0.129. The summed E-state index contributed by atoms with van der Waals surface area (Å²) in [6.45, 7) is 3.96. The normalized spacial score (nSPS) is 19.2. The summed E-state index contributed by atoms with van der Waals surface area (Å²) in [7, 11) is 0. The number of nitrogens with zero attached hydrogens (tertiary/aromatic N) is 4. The molecule has 0 bridgehead atoms. The second-order valence-corrected chi connectivity index (χ2v) is 8.48. The number of rotatable bonds is 6. The minimum Gasteiger partial charge on any atom is -0.354 e. The zero-order chi connectivity index (χ0) is 23.2. The van der Waals surface area contributed by atoms with E-state index < -0.39 is 6.04 Å². The lowest BCUT2D eigenvalue weighted by molar-refractivity contribution is -0.145. The molecule has 2 saturated heterocycles. The van der Waals surface area contributed by atoms with Gasteiger partial charge >= 0.3 is 0 Å². The van der Waals surface area contributed by atoms with Gasteiger partial charge in [0.15, 0.2) is 0 Å². The number of pyridine rings is 1. The van der Waals surface area contributed by atoms with Crippen LogP contribution < -0.4 is 15.5 Å². The molecular weight excluding hydrogens is 444 g/mol. The van der Waals surface area contributed by atoms with Gasteiger partial charge in [-0.15, -0.1) is 0 Å². The highest BCUT2D eigenvalue weighted by molar-refractivity contribution is 6.33. The molecule has 0 aliphatic carbocycles. The third-order valence-electron chi connectivity index (χ3n) is 5.88. The Labute approximate surface area is 197 Å². The molecule has 2 aromatic rings. The summed E-state index contributed by atoms with van der Waals surface area (Å²) in [5.74, 6) is 0.100. The van der Waals surface area contributed by atoms with Crippen LogP contribution in [0.15, 0.2) is 48.7 Å². The van der Waals surface area contributed by atoms with Gasteiger partial charge in [-0.05, 0) is 24.3 Å². The Bertz CT molecular complexity index is 997. The number of amides is 3. The molecule has 2 aliphatic rings. The number of piperazine rings is 2. The molecule has 0 radical (unpaired) electrons. The Balaban J connectivity index is 1.33. The summed E-state index contributed by atoms with van der Waals surface area (Å²) in [4.78, 5) is 48.4. The van der Waals surface area contributed by atoms with Gasteiger partial charge < -0.3 is 20.4 Å². The van der Waals surface area contributed by atoms with Gasteiger partial charge in [-0.25, -0.2) is 4.98 Å². The maximum absolute atomic E-state index is 13.1. The number of nitrogens with one attached hydrogen (secondary N) is 2. The lowest BCUT2D eigenvalue weighted by Crippen LogP contribution is -2.60. The van der Waals surface area contributed by atoms with Crippen molar-refractivity contribution in [2.24, 2.45) is 0 Å². The van der Waals surface area contributed by atoms with E-state index in [0.29, 0.717) is 23.8 Å². The van der Waals surface area contributed by atoms with Crippen LogP contribution in [0.4, 0.5) is 11.5 Å². The number of aromatic nitrogens is 1. The van der Waals surface area contributed by atoms with Gasteiger partial charge in [-0.2, -0.15) is 0 Å². The molecule has 0 unspecified atom stereocenters. The second kappa shape index (κ2) is 10.6. The highest BCUT2D eigenvalue weighted by Gasteiger charge is 2.35. The molecule has 9 nitrogen and oxygen atoms in total. The van der Waals surface area contributed by atoms with Gasteiger partial charge in [-0.1, -0.05) is 29.8 Å². The topological polar surface area (TPSA) is 97.9 Å². The van der Waals surface area contributed by atoms with Crippen molar-refractivity contribution in [1.29, 1.82) is 0 Å². The Morgan fingerprint density at radius 1 is 1.06 bits per heavy atom. The van der Waals surface area contributed by atoms with E-state index in [4.69, 9.17) is 11.6 Å². The number of hydrogen-bond acceptors (Lipinski definition) is 6. The first-order valence-electron chi connectivity index (χ1n) is 11.0. The molecule has 33 heavy (non-hydrogen) atoms. The first-order valence-corrected chi connectivity index (χ1v) is 11.4. The SMILES string of the molecule is O=C(C[C@H]1C(=O)NCCN1C(=O)CN1CCN(c2ccccn2)CC1)Nc1ccccc1Cl. The van der Waals surface area contributed by atoms with Crippen LogP contribution in [0.5, 0.6) is 0 Å². The van der Waals surface area contributed by atoms with Crippen LogP contribution in [0.3, 0.4) is 0 Å². The zero-order valence-corrected chi connectivity index (χ0v) is 19.0. The lowest BCUT2D eigenvalue weighted by atomic mass is 10.1. The van der Waals surface area contributed by atoms with E-state index in [1.54, 1.807) is 30.5 Å². The van der Waals surface area contributed by atoms with Crippen molar-refractivity contribution in [2.45, 2.75) is 12.5 Å². The van der Waals surface area contributed by atoms with Gasteiger partial charge in [0.25, 0.3) is 0 Å². The summed E-state index contributed by atoms with van der Waals surface area (Å²) in [5, 5.41) is 5.90. The Morgan fingerprint density at radius 3 is 2.55 bits per heavy atom. The van der Waals surface area contributed by atoms with Crippen LogP contribution in [0.25, 0.3) is 0 Å². The van der Waals surface area contributed by atoms with Crippen molar-refractivity contribution in [1.82, 2.24) is 20.1 Å². The second-order valence-electron chi connectivity index (χ2n) is 8.08. The highest BCUT2D eigenvalue weighted by Crippen LogP contribution is 2.21. The third-order valence-corrected chi connectivity index (χ3v) is 6.21. The molecule has 2 N–H and O–H groups in total. The molecule has 4 rings (SSSR count). The van der Waals surface area contributed by atoms with Crippen molar-refractivity contribution >= 4 is 40.8 Å². The number of hydrogen-bond donors (Lipinski definition) is 2. The zero-order valence-electron chi connectivity index (χ0n) is 18.2. The summed E-state index contributed by atoms with van der Waals surface area (Å²) >= 11 is 6.11. The van der Waals surface area contributed by atoms with Gasteiger partial charge in [0.2, 0.25) is 17.7 Å². The molecule has 2 aliphatic heterocycles. The van der Waals surface area contributed by atoms with E-state index in [1.807, 2.05) is 18.2 Å². The number of carbonyl (C=O) groups is 3. The first kappa shape index (κ1) is 23.0. The fraction of sp³-hybridized carbons (Fsp3) is 0.391. The first-order chi connectivity index (χ1) is 16.0. The van der Waals surface area contributed by atoms with Crippen LogP contribution in [0.1, 0.15) is 6.42 Å². The van der Waals surface area contributed by atoms with E-state index in [0.717, 1.165) is 32.0 Å². The van der Waals surface area contributed by atoms with Crippen molar-refractivity contribution < 1.29 is 14.4 Å². The maximum Gasteiger partial charge on any atom is 0.243 e. The summed E-state index contributed by atoms with van der Waals surface area (Å²) in [6.07, 6.45) is 1.64. The van der Waals surface area contributed by atoms with Gasteiger partial charge in [0.05, 0.1) is 23.7 Å². The van der Waals surface area contributed by atoms with Crippen molar-refractivity contribution in [3.8, 4) is 0 Å². The average molecular weight is 471 g/mol. The number of carbonyl (C=O) groups excluding carboxylic acids is 3. The predicted octanol–water partition coefficient (Wildman–Crippen LogP) is 1.21. The number of halogens is 1. The quantitative estimate of drug-likeness (QED) is 0.658. The standard InChI is InChI=1S/C23H27ClN6O3/c24-17-5-1-2-6-18(17)27-21(31)15-19-23(33)26-9-10-30(19)22(32)16-28-11-13-29(14-12-28)20-7-3-4-8-25-20/h1-8,19H,9-16H2,(H,26,33)(H,27,31)/t19-/m0/s1. The van der Waals surface area contributed by atoms with E-state index in [1.165, 1.54) is 4.90 Å². The fourth-order valence-electron chi connectivity index (χ4n) is 4.11. The van der Waals surface area contributed by atoms with E-state index in [9.17, 15) is 14.4 Å². The van der Waals surface area contributed by atoms with Crippen molar-refractivity contribution in [3.05, 3.63) is 53.7 Å². The smallest absolute Gasteiger partial charge is 0.243 e. The molecule has 1 aromatic carbocycles. The van der Waals surface area contributed by atoms with Crippen LogP contribution in [0.2, 0.25) is 5.02 Å². The van der Waals surface area contributed by atoms with Crippen LogP contribution in [-0.4, -0.2) is 84.4 Å². The van der Waals surface area contributed by atoms with E-state index in [2.05, 4.69) is 25.4 Å². The van der Waals surface area contributed by atoms with Crippen LogP contribution in [0, 0.1) is 0 Å². The molecule has 2 fully saturated rings. The Hall–Kier alpha value is -3.17. The van der Waals surface area contributed by atoms with Crippen molar-refractivity contribution in [2.75, 3.05) is 56.0 Å². The minimum atomic E-state index is -0.844. The Kier molecular flexibility index (Phi) is 7.41. The highest BCUT2D eigenvalue weighted by atomic mass is 35.5. The average Bonchev–Trinajstić information content (AvgIpc) is 2.83. The molecule has 1 atom stereocenters. The molecule has 0 saturated carbocycles. The molecule has 174 valence electrons. The van der Waals surface area contributed by atoms with Gasteiger partial charge in [0.1, 0.15) is 11.9 Å². The molecule has 3 heterocycles. The van der Waals surface area contributed by atoms with Crippen LogP contribution >= 0.6 is 11.6 Å². The fourth-order valence-corrected chi connectivity index (χ4v) is 4.30. The predicted molar refractivity (Wildman–Crippen MR) is 126 cm³/mol. The summed E-state index contributed by atoms with van der Waals surface area (Å²) < 4.78 is 0.